The molecular weight excluding hydrogens is 284 g/mol. The van der Waals surface area contributed by atoms with Crippen molar-refractivity contribution >= 4 is 45.0 Å². The molecule has 2 rings (SSSR count). The summed E-state index contributed by atoms with van der Waals surface area (Å²) in [7, 11) is 0. The van der Waals surface area contributed by atoms with Crippen LogP contribution in [0.1, 0.15) is 19.3 Å². The highest BCUT2D eigenvalue weighted by molar-refractivity contribution is 9.10. The van der Waals surface area contributed by atoms with Crippen molar-refractivity contribution in [3.63, 3.8) is 0 Å². The minimum Gasteiger partial charge on any atom is -0.480 e. The maximum atomic E-state index is 11.1. The Morgan fingerprint density at radius 1 is 1.64 bits per heavy atom. The van der Waals surface area contributed by atoms with Crippen molar-refractivity contribution in [1.29, 1.82) is 0 Å². The predicted octanol–water partition coefficient (Wildman–Crippen LogP) is 3.61. The molecule has 0 amide bonds. The van der Waals surface area contributed by atoms with Gasteiger partial charge in [-0.2, -0.15) is 0 Å². The van der Waals surface area contributed by atoms with E-state index < -0.39 is 10.7 Å². The topological polar surface area (TPSA) is 37.3 Å². The Labute approximate surface area is 98.8 Å². The Hall–Kier alpha value is -0.0000000000000000833. The Balaban J connectivity index is 2.12. The van der Waals surface area contributed by atoms with Gasteiger partial charge in [0.25, 0.3) is 0 Å². The number of hydrogen-bond acceptors (Lipinski definition) is 3. The van der Waals surface area contributed by atoms with Crippen LogP contribution in [0.5, 0.6) is 0 Å². The number of halogens is 1. The molecule has 1 N–H and O–H groups in total. The van der Waals surface area contributed by atoms with Gasteiger partial charge >= 0.3 is 5.97 Å². The van der Waals surface area contributed by atoms with Crippen molar-refractivity contribution in [1.82, 2.24) is 0 Å². The fourth-order valence-electron chi connectivity index (χ4n) is 1.40. The van der Waals surface area contributed by atoms with Crippen LogP contribution in [0, 0.1) is 0 Å². The molecule has 14 heavy (non-hydrogen) atoms. The zero-order valence-electron chi connectivity index (χ0n) is 7.33. The smallest absolute Gasteiger partial charge is 0.320 e. The van der Waals surface area contributed by atoms with E-state index in [0.29, 0.717) is 0 Å². The molecule has 1 fully saturated rings. The summed E-state index contributed by atoms with van der Waals surface area (Å²) in [5.41, 5.74) is 0. The lowest BCUT2D eigenvalue weighted by Crippen LogP contribution is -2.41. The van der Waals surface area contributed by atoms with E-state index in [-0.39, 0.29) is 0 Å². The maximum Gasteiger partial charge on any atom is 0.320 e. The van der Waals surface area contributed by atoms with Gasteiger partial charge in [0.05, 0.1) is 4.21 Å². The molecule has 1 saturated carbocycles. The number of carboxylic acids is 1. The molecule has 1 aliphatic rings. The largest absolute Gasteiger partial charge is 0.480 e. The van der Waals surface area contributed by atoms with E-state index in [0.717, 1.165) is 27.9 Å². The highest BCUT2D eigenvalue weighted by atomic mass is 79.9. The van der Waals surface area contributed by atoms with Gasteiger partial charge in [-0.25, -0.2) is 0 Å². The summed E-state index contributed by atoms with van der Waals surface area (Å²) in [4.78, 5) is 11.1. The van der Waals surface area contributed by atoms with Crippen molar-refractivity contribution in [3.8, 4) is 0 Å². The fraction of sp³-hybridized carbons (Fsp3) is 0.444. The van der Waals surface area contributed by atoms with Gasteiger partial charge in [-0.05, 0) is 41.3 Å². The van der Waals surface area contributed by atoms with E-state index in [1.54, 1.807) is 11.3 Å². The minimum absolute atomic E-state index is 0.537. The quantitative estimate of drug-likeness (QED) is 0.925. The van der Waals surface area contributed by atoms with Crippen molar-refractivity contribution in [2.24, 2.45) is 0 Å². The van der Waals surface area contributed by atoms with Gasteiger partial charge in [-0.3, -0.25) is 4.79 Å². The summed E-state index contributed by atoms with van der Waals surface area (Å²) in [6.45, 7) is 0. The third-order valence-electron chi connectivity index (χ3n) is 2.39. The van der Waals surface area contributed by atoms with Crippen LogP contribution in [0.3, 0.4) is 0 Å². The Morgan fingerprint density at radius 3 is 2.71 bits per heavy atom. The van der Waals surface area contributed by atoms with Crippen molar-refractivity contribution in [2.45, 2.75) is 28.2 Å². The molecule has 0 radical (unpaired) electrons. The summed E-state index contributed by atoms with van der Waals surface area (Å²) in [5, 5.41) is 11.1. The number of carbonyl (C=O) groups is 1. The van der Waals surface area contributed by atoms with Gasteiger partial charge in [-0.1, -0.05) is 11.8 Å². The molecule has 0 atom stereocenters. The van der Waals surface area contributed by atoms with Gasteiger partial charge in [0.15, 0.2) is 0 Å². The SMILES string of the molecule is O=C(O)C1(Sc2cc(Br)cs2)CCC1. The van der Waals surface area contributed by atoms with Gasteiger partial charge < -0.3 is 5.11 Å². The lowest BCUT2D eigenvalue weighted by atomic mass is 9.84. The van der Waals surface area contributed by atoms with Crippen LogP contribution in [-0.4, -0.2) is 15.8 Å². The molecule has 0 unspecified atom stereocenters. The summed E-state index contributed by atoms with van der Waals surface area (Å²) in [6, 6.07) is 1.98. The molecule has 1 aromatic rings. The lowest BCUT2D eigenvalue weighted by Gasteiger charge is -2.36. The second-order valence-electron chi connectivity index (χ2n) is 3.34. The summed E-state index contributed by atoms with van der Waals surface area (Å²) in [6.07, 6.45) is 2.62. The van der Waals surface area contributed by atoms with E-state index >= 15 is 0 Å². The zero-order valence-corrected chi connectivity index (χ0v) is 10.5. The van der Waals surface area contributed by atoms with Gasteiger partial charge in [-0.15, -0.1) is 11.3 Å². The first-order valence-electron chi connectivity index (χ1n) is 4.29. The first-order valence-corrected chi connectivity index (χ1v) is 6.78. The Bertz CT molecular complexity index is 357. The zero-order chi connectivity index (χ0) is 10.2. The average Bonchev–Trinajstić information content (AvgIpc) is 2.43. The Kier molecular flexibility index (Phi) is 2.91. The van der Waals surface area contributed by atoms with Gasteiger partial charge in [0.1, 0.15) is 4.75 Å². The van der Waals surface area contributed by atoms with E-state index in [9.17, 15) is 4.79 Å². The number of aliphatic carboxylic acids is 1. The van der Waals surface area contributed by atoms with E-state index in [2.05, 4.69) is 15.9 Å². The summed E-state index contributed by atoms with van der Waals surface area (Å²) >= 11 is 6.46. The molecule has 0 aliphatic heterocycles. The molecule has 1 heterocycles. The van der Waals surface area contributed by atoms with Crippen LogP contribution in [-0.2, 0) is 4.79 Å². The molecule has 2 nitrogen and oxygen atoms in total. The standard InChI is InChI=1S/C9H9BrO2S2/c10-6-4-7(13-5-6)14-9(8(11)12)2-1-3-9/h4-5H,1-3H2,(H,11,12). The highest BCUT2D eigenvalue weighted by Crippen LogP contribution is 2.49. The number of rotatable bonds is 3. The second kappa shape index (κ2) is 3.87. The van der Waals surface area contributed by atoms with Crippen LogP contribution in [0.4, 0.5) is 0 Å². The molecular formula is C9H9BrO2S2. The number of thioether (sulfide) groups is 1. The van der Waals surface area contributed by atoms with Crippen LogP contribution in [0.25, 0.3) is 0 Å². The maximum absolute atomic E-state index is 11.1. The summed E-state index contributed by atoms with van der Waals surface area (Å²) in [5.74, 6) is -0.668. The molecule has 1 aromatic heterocycles. The lowest BCUT2D eigenvalue weighted by molar-refractivity contribution is -0.142. The first kappa shape index (κ1) is 10.5. The molecule has 0 spiro atoms. The number of hydrogen-bond donors (Lipinski definition) is 1. The van der Waals surface area contributed by atoms with E-state index in [1.807, 2.05) is 11.4 Å². The van der Waals surface area contributed by atoms with Crippen LogP contribution >= 0.6 is 39.0 Å². The fourth-order valence-corrected chi connectivity index (χ4v) is 4.67. The third-order valence-corrected chi connectivity index (χ3v) is 5.70. The first-order chi connectivity index (χ1) is 6.62. The molecule has 0 saturated heterocycles. The van der Waals surface area contributed by atoms with Crippen LogP contribution in [0.2, 0.25) is 0 Å². The van der Waals surface area contributed by atoms with Crippen molar-refractivity contribution in [2.75, 3.05) is 0 Å². The Morgan fingerprint density at radius 2 is 2.36 bits per heavy atom. The van der Waals surface area contributed by atoms with Crippen molar-refractivity contribution < 1.29 is 9.90 Å². The summed E-state index contributed by atoms with van der Waals surface area (Å²) < 4.78 is 1.58. The monoisotopic (exact) mass is 292 g/mol. The van der Waals surface area contributed by atoms with Crippen molar-refractivity contribution in [3.05, 3.63) is 15.9 Å². The number of thiophene rings is 1. The predicted molar refractivity (Wildman–Crippen MR) is 62.1 cm³/mol. The van der Waals surface area contributed by atoms with E-state index in [4.69, 9.17) is 5.11 Å². The van der Waals surface area contributed by atoms with Gasteiger partial charge in [0, 0.05) is 9.85 Å². The minimum atomic E-state index is -0.668. The highest BCUT2D eigenvalue weighted by Gasteiger charge is 2.45. The molecule has 76 valence electrons. The number of carboxylic acid groups (broad SMARTS) is 1. The van der Waals surface area contributed by atoms with E-state index in [1.165, 1.54) is 11.8 Å². The molecule has 0 bridgehead atoms. The molecule has 5 heteroatoms. The van der Waals surface area contributed by atoms with Crippen LogP contribution in [0.15, 0.2) is 20.1 Å². The van der Waals surface area contributed by atoms with Crippen LogP contribution < -0.4 is 0 Å². The second-order valence-corrected chi connectivity index (χ2v) is 6.85. The van der Waals surface area contributed by atoms with Gasteiger partial charge in [0.2, 0.25) is 0 Å². The average molecular weight is 293 g/mol. The molecule has 1 aliphatic carbocycles. The molecule has 0 aromatic carbocycles. The normalized spacial score (nSPS) is 18.9. The third kappa shape index (κ3) is 1.85.